The van der Waals surface area contributed by atoms with E-state index in [-0.39, 0.29) is 0 Å². The van der Waals surface area contributed by atoms with Crippen molar-refractivity contribution >= 4 is 22.4 Å². The van der Waals surface area contributed by atoms with Crippen molar-refractivity contribution < 1.29 is 0 Å². The summed E-state index contributed by atoms with van der Waals surface area (Å²) in [4.78, 5) is 0. The van der Waals surface area contributed by atoms with E-state index in [0.717, 1.165) is 12.0 Å². The van der Waals surface area contributed by atoms with Crippen LogP contribution in [0.2, 0.25) is 0 Å². The van der Waals surface area contributed by atoms with Crippen LogP contribution in [0, 0.1) is 11.8 Å². The van der Waals surface area contributed by atoms with E-state index in [4.69, 9.17) is 11.6 Å². The Morgan fingerprint density at radius 1 is 1.00 bits per heavy atom. The van der Waals surface area contributed by atoms with Gasteiger partial charge in [-0.25, -0.2) is 0 Å². The van der Waals surface area contributed by atoms with Crippen molar-refractivity contribution in [3.05, 3.63) is 48.0 Å². The second-order valence-corrected chi connectivity index (χ2v) is 3.68. The lowest BCUT2D eigenvalue weighted by Crippen LogP contribution is -1.76. The van der Waals surface area contributed by atoms with Crippen LogP contribution in [0.15, 0.2) is 42.5 Å². The molecule has 0 fully saturated rings. The maximum Gasteiger partial charge on any atom is 0.0333 e. The molecule has 2 aromatic carbocycles. The van der Waals surface area contributed by atoms with E-state index in [0.29, 0.717) is 5.88 Å². The van der Waals surface area contributed by atoms with Crippen LogP contribution >= 0.6 is 11.6 Å². The minimum atomic E-state index is 0.598. The summed E-state index contributed by atoms with van der Waals surface area (Å²) in [6.45, 7) is 0. The maximum atomic E-state index is 5.56. The van der Waals surface area contributed by atoms with Crippen LogP contribution in [0.4, 0.5) is 0 Å². The van der Waals surface area contributed by atoms with Gasteiger partial charge in [0, 0.05) is 17.9 Å². The van der Waals surface area contributed by atoms with Crippen molar-refractivity contribution in [2.45, 2.75) is 6.42 Å². The number of rotatable bonds is 1. The van der Waals surface area contributed by atoms with Gasteiger partial charge < -0.3 is 0 Å². The third-order valence-electron chi connectivity index (χ3n) is 2.20. The quantitative estimate of drug-likeness (QED) is 0.500. The van der Waals surface area contributed by atoms with Crippen molar-refractivity contribution in [1.29, 1.82) is 0 Å². The van der Waals surface area contributed by atoms with Crippen LogP contribution in [0.3, 0.4) is 0 Å². The Morgan fingerprint density at radius 3 is 2.60 bits per heavy atom. The Bertz CT molecular complexity index is 517. The van der Waals surface area contributed by atoms with Gasteiger partial charge in [0.05, 0.1) is 0 Å². The number of benzene rings is 2. The zero-order valence-corrected chi connectivity index (χ0v) is 9.09. The SMILES string of the molecule is ClCCC#Cc1ccc2ccccc2c1. The topological polar surface area (TPSA) is 0 Å². The first-order valence-electron chi connectivity index (χ1n) is 4.94. The van der Waals surface area contributed by atoms with Gasteiger partial charge in [0.15, 0.2) is 0 Å². The van der Waals surface area contributed by atoms with Crippen LogP contribution in [-0.4, -0.2) is 5.88 Å². The summed E-state index contributed by atoms with van der Waals surface area (Å²) in [7, 11) is 0. The highest BCUT2D eigenvalue weighted by molar-refractivity contribution is 6.18. The average Bonchev–Trinajstić information content (AvgIpc) is 2.29. The van der Waals surface area contributed by atoms with Gasteiger partial charge in [-0.3, -0.25) is 0 Å². The van der Waals surface area contributed by atoms with Gasteiger partial charge in [-0.1, -0.05) is 42.2 Å². The molecule has 1 heteroatoms. The molecule has 0 atom stereocenters. The fourth-order valence-corrected chi connectivity index (χ4v) is 1.57. The number of hydrogen-bond acceptors (Lipinski definition) is 0. The molecule has 0 bridgehead atoms. The molecule has 0 N–H and O–H groups in total. The molecule has 0 spiro atoms. The van der Waals surface area contributed by atoms with Crippen molar-refractivity contribution in [2.75, 3.05) is 5.88 Å². The minimum Gasteiger partial charge on any atom is -0.126 e. The molecule has 0 unspecified atom stereocenters. The Balaban J connectivity index is 2.36. The third-order valence-corrected chi connectivity index (χ3v) is 2.39. The first-order chi connectivity index (χ1) is 7.40. The summed E-state index contributed by atoms with van der Waals surface area (Å²) in [6.07, 6.45) is 0.744. The van der Waals surface area contributed by atoms with Gasteiger partial charge in [-0.05, 0) is 22.9 Å². The van der Waals surface area contributed by atoms with Crippen LogP contribution in [-0.2, 0) is 0 Å². The fraction of sp³-hybridized carbons (Fsp3) is 0.143. The Kier molecular flexibility index (Phi) is 3.27. The molecule has 0 aromatic heterocycles. The lowest BCUT2D eigenvalue weighted by Gasteiger charge is -1.97. The first kappa shape index (κ1) is 10.1. The van der Waals surface area contributed by atoms with Crippen LogP contribution in [0.1, 0.15) is 12.0 Å². The van der Waals surface area contributed by atoms with Gasteiger partial charge in [-0.2, -0.15) is 0 Å². The summed E-state index contributed by atoms with van der Waals surface area (Å²) >= 11 is 5.56. The van der Waals surface area contributed by atoms with Gasteiger partial charge >= 0.3 is 0 Å². The summed E-state index contributed by atoms with van der Waals surface area (Å²) in [5, 5.41) is 2.48. The van der Waals surface area contributed by atoms with Crippen molar-refractivity contribution in [3.8, 4) is 11.8 Å². The number of hydrogen-bond donors (Lipinski definition) is 0. The zero-order chi connectivity index (χ0) is 10.5. The van der Waals surface area contributed by atoms with E-state index in [1.807, 2.05) is 18.2 Å². The molecule has 0 amide bonds. The molecule has 0 heterocycles. The summed E-state index contributed by atoms with van der Waals surface area (Å²) in [5.41, 5.74) is 1.05. The maximum absolute atomic E-state index is 5.56. The highest BCUT2D eigenvalue weighted by Gasteiger charge is 1.92. The van der Waals surface area contributed by atoms with E-state index in [1.165, 1.54) is 10.8 Å². The van der Waals surface area contributed by atoms with Gasteiger partial charge in [-0.15, -0.1) is 11.6 Å². The van der Waals surface area contributed by atoms with Crippen LogP contribution in [0.5, 0.6) is 0 Å². The summed E-state index contributed by atoms with van der Waals surface area (Å²) in [5.74, 6) is 6.74. The summed E-state index contributed by atoms with van der Waals surface area (Å²) < 4.78 is 0. The normalized spacial score (nSPS) is 9.67. The lowest BCUT2D eigenvalue weighted by molar-refractivity contribution is 1.29. The van der Waals surface area contributed by atoms with Crippen molar-refractivity contribution in [1.82, 2.24) is 0 Å². The van der Waals surface area contributed by atoms with E-state index in [2.05, 4.69) is 36.1 Å². The van der Waals surface area contributed by atoms with Gasteiger partial charge in [0.25, 0.3) is 0 Å². The molecule has 0 saturated heterocycles. The molecule has 0 aliphatic carbocycles. The highest BCUT2D eigenvalue weighted by atomic mass is 35.5. The van der Waals surface area contributed by atoms with E-state index < -0.39 is 0 Å². The van der Waals surface area contributed by atoms with Crippen LogP contribution in [0.25, 0.3) is 10.8 Å². The van der Waals surface area contributed by atoms with Crippen molar-refractivity contribution in [3.63, 3.8) is 0 Å². The molecular weight excluding hydrogens is 204 g/mol. The standard InChI is InChI=1S/C14H11Cl/c15-10-4-3-5-12-8-9-13-6-1-2-7-14(13)11-12/h1-2,6-9,11H,4,10H2. The average molecular weight is 215 g/mol. The second kappa shape index (κ2) is 4.87. The molecule has 2 rings (SSSR count). The fourth-order valence-electron chi connectivity index (χ4n) is 1.48. The molecule has 0 radical (unpaired) electrons. The number of halogens is 1. The predicted molar refractivity (Wildman–Crippen MR) is 66.2 cm³/mol. The Morgan fingerprint density at radius 2 is 1.80 bits per heavy atom. The minimum absolute atomic E-state index is 0.598. The lowest BCUT2D eigenvalue weighted by atomic mass is 10.1. The van der Waals surface area contributed by atoms with E-state index in [1.54, 1.807) is 0 Å². The molecule has 0 aliphatic heterocycles. The van der Waals surface area contributed by atoms with E-state index in [9.17, 15) is 0 Å². The molecule has 0 aliphatic rings. The molecular formula is C14H11Cl. The van der Waals surface area contributed by atoms with Crippen LogP contribution < -0.4 is 0 Å². The molecule has 74 valence electrons. The molecule has 0 nitrogen and oxygen atoms in total. The van der Waals surface area contributed by atoms with E-state index >= 15 is 0 Å². The number of alkyl halides is 1. The first-order valence-corrected chi connectivity index (χ1v) is 5.47. The van der Waals surface area contributed by atoms with Crippen molar-refractivity contribution in [2.24, 2.45) is 0 Å². The Labute approximate surface area is 94.9 Å². The van der Waals surface area contributed by atoms with Gasteiger partial charge in [0.2, 0.25) is 0 Å². The summed E-state index contributed by atoms with van der Waals surface area (Å²) in [6, 6.07) is 14.5. The largest absolute Gasteiger partial charge is 0.126 e. The number of fused-ring (bicyclic) bond motifs is 1. The molecule has 0 saturated carbocycles. The predicted octanol–water partition coefficient (Wildman–Crippen LogP) is 3.82. The second-order valence-electron chi connectivity index (χ2n) is 3.30. The molecule has 2 aromatic rings. The highest BCUT2D eigenvalue weighted by Crippen LogP contribution is 2.14. The molecule has 15 heavy (non-hydrogen) atoms. The smallest absolute Gasteiger partial charge is 0.0333 e. The Hall–Kier alpha value is -1.45. The third kappa shape index (κ3) is 2.52. The monoisotopic (exact) mass is 214 g/mol. The van der Waals surface area contributed by atoms with Gasteiger partial charge in [0.1, 0.15) is 0 Å². The zero-order valence-electron chi connectivity index (χ0n) is 8.33.